The Hall–Kier alpha value is -1.91. The van der Waals surface area contributed by atoms with Gasteiger partial charge in [-0.2, -0.15) is 5.10 Å². The first-order valence-corrected chi connectivity index (χ1v) is 7.73. The lowest BCUT2D eigenvalue weighted by Gasteiger charge is -2.15. The van der Waals surface area contributed by atoms with Crippen LogP contribution < -0.4 is 5.32 Å². The van der Waals surface area contributed by atoms with Crippen LogP contribution in [0.5, 0.6) is 0 Å². The second-order valence-electron chi connectivity index (χ2n) is 5.52. The van der Waals surface area contributed by atoms with Crippen LogP contribution in [-0.2, 0) is 6.54 Å². The molecule has 1 N–H and O–H groups in total. The molecule has 0 aliphatic carbocycles. The summed E-state index contributed by atoms with van der Waals surface area (Å²) in [5.41, 5.74) is 3.12. The Kier molecular flexibility index (Phi) is 4.94. The van der Waals surface area contributed by atoms with Crippen LogP contribution in [0.25, 0.3) is 11.4 Å². The smallest absolute Gasteiger partial charge is 0.134 e. The Bertz CT molecular complexity index is 601. The second-order valence-corrected chi connectivity index (χ2v) is 5.52. The van der Waals surface area contributed by atoms with Gasteiger partial charge < -0.3 is 5.32 Å². The number of anilines is 1. The molecule has 0 unspecified atom stereocenters. The molecule has 0 fully saturated rings. The summed E-state index contributed by atoms with van der Waals surface area (Å²) < 4.78 is 1.98. The molecule has 5 nitrogen and oxygen atoms in total. The Morgan fingerprint density at radius 3 is 2.62 bits per heavy atom. The zero-order chi connectivity index (χ0) is 15.4. The highest BCUT2D eigenvalue weighted by atomic mass is 15.3. The predicted octanol–water partition coefficient (Wildman–Crippen LogP) is 3.61. The molecular weight excluding hydrogens is 262 g/mol. The molecule has 114 valence electrons. The molecule has 0 aromatic carbocycles. The van der Waals surface area contributed by atoms with Gasteiger partial charge in [-0.15, -0.1) is 0 Å². The summed E-state index contributed by atoms with van der Waals surface area (Å²) in [6.45, 7) is 12.3. The molecule has 0 saturated heterocycles. The third-order valence-corrected chi connectivity index (χ3v) is 3.48. The maximum Gasteiger partial charge on any atom is 0.134 e. The summed E-state index contributed by atoms with van der Waals surface area (Å²) in [6.07, 6.45) is 2.90. The average molecular weight is 287 g/mol. The zero-order valence-electron chi connectivity index (χ0n) is 13.6. The molecule has 2 aromatic rings. The molecular formula is C16H25N5. The van der Waals surface area contributed by atoms with E-state index >= 15 is 0 Å². The van der Waals surface area contributed by atoms with Gasteiger partial charge >= 0.3 is 0 Å². The van der Waals surface area contributed by atoms with Crippen LogP contribution in [0, 0.1) is 6.92 Å². The molecule has 2 aromatic heterocycles. The lowest BCUT2D eigenvalue weighted by atomic mass is 10.1. The second kappa shape index (κ2) is 6.70. The van der Waals surface area contributed by atoms with Gasteiger partial charge in [0.15, 0.2) is 0 Å². The highest BCUT2D eigenvalue weighted by Gasteiger charge is 2.16. The van der Waals surface area contributed by atoms with Crippen molar-refractivity contribution in [2.45, 2.75) is 53.5 Å². The van der Waals surface area contributed by atoms with E-state index in [0.717, 1.165) is 48.1 Å². The monoisotopic (exact) mass is 287 g/mol. The quantitative estimate of drug-likeness (QED) is 0.881. The maximum atomic E-state index is 4.78. The summed E-state index contributed by atoms with van der Waals surface area (Å²) in [6, 6.07) is 2.02. The Morgan fingerprint density at radius 1 is 1.24 bits per heavy atom. The molecule has 2 heterocycles. The van der Waals surface area contributed by atoms with E-state index in [-0.39, 0.29) is 0 Å². The topological polar surface area (TPSA) is 55.6 Å². The van der Waals surface area contributed by atoms with Crippen molar-refractivity contribution in [3.05, 3.63) is 23.7 Å². The Balaban J connectivity index is 2.55. The number of aryl methyl sites for hydroxylation is 1. The van der Waals surface area contributed by atoms with E-state index in [4.69, 9.17) is 4.98 Å². The largest absolute Gasteiger partial charge is 0.370 e. The van der Waals surface area contributed by atoms with Crippen molar-refractivity contribution >= 4 is 5.82 Å². The summed E-state index contributed by atoms with van der Waals surface area (Å²) in [5.74, 6) is 2.11. The van der Waals surface area contributed by atoms with Crippen LogP contribution in [0.3, 0.4) is 0 Å². The summed E-state index contributed by atoms with van der Waals surface area (Å²) >= 11 is 0. The molecule has 0 atom stereocenters. The fourth-order valence-electron chi connectivity index (χ4n) is 2.24. The fraction of sp³-hybridized carbons (Fsp3) is 0.562. The van der Waals surface area contributed by atoms with Gasteiger partial charge in [0.05, 0.1) is 11.4 Å². The van der Waals surface area contributed by atoms with Crippen molar-refractivity contribution in [1.82, 2.24) is 19.7 Å². The van der Waals surface area contributed by atoms with Gasteiger partial charge in [-0.1, -0.05) is 20.8 Å². The number of nitrogens with zero attached hydrogens (tertiary/aromatic N) is 4. The first-order valence-electron chi connectivity index (χ1n) is 7.73. The van der Waals surface area contributed by atoms with E-state index in [2.05, 4.69) is 50.0 Å². The Morgan fingerprint density at radius 2 is 2.00 bits per heavy atom. The van der Waals surface area contributed by atoms with E-state index in [1.807, 2.05) is 16.9 Å². The van der Waals surface area contributed by atoms with Crippen LogP contribution in [0.2, 0.25) is 0 Å². The van der Waals surface area contributed by atoms with Crippen molar-refractivity contribution in [3.8, 4) is 11.4 Å². The van der Waals surface area contributed by atoms with Crippen molar-refractivity contribution < 1.29 is 0 Å². The lowest BCUT2D eigenvalue weighted by Crippen LogP contribution is -2.11. The van der Waals surface area contributed by atoms with Gasteiger partial charge in [0, 0.05) is 30.8 Å². The molecule has 0 saturated carbocycles. The van der Waals surface area contributed by atoms with Crippen LogP contribution in [-0.4, -0.2) is 26.3 Å². The number of rotatable bonds is 6. The molecule has 0 amide bonds. The van der Waals surface area contributed by atoms with Crippen LogP contribution >= 0.6 is 0 Å². The third-order valence-electron chi connectivity index (χ3n) is 3.48. The molecule has 0 spiro atoms. The number of aromatic nitrogens is 4. The molecule has 5 heteroatoms. The van der Waals surface area contributed by atoms with Gasteiger partial charge in [-0.3, -0.25) is 4.68 Å². The van der Waals surface area contributed by atoms with Gasteiger partial charge in [0.1, 0.15) is 11.6 Å². The van der Waals surface area contributed by atoms with Gasteiger partial charge in [0.2, 0.25) is 0 Å². The summed E-state index contributed by atoms with van der Waals surface area (Å²) in [5, 5.41) is 7.77. The van der Waals surface area contributed by atoms with Crippen molar-refractivity contribution in [1.29, 1.82) is 0 Å². The molecule has 0 aliphatic heterocycles. The Labute approximate surface area is 126 Å². The first-order chi connectivity index (χ1) is 10.1. The minimum absolute atomic E-state index is 0.296. The molecule has 0 bridgehead atoms. The van der Waals surface area contributed by atoms with E-state index in [9.17, 15) is 0 Å². The van der Waals surface area contributed by atoms with Crippen LogP contribution in [0.4, 0.5) is 5.82 Å². The minimum atomic E-state index is 0.296. The van der Waals surface area contributed by atoms with Crippen LogP contribution in [0.15, 0.2) is 12.3 Å². The molecule has 0 aliphatic rings. The normalized spacial score (nSPS) is 11.1. The molecule has 2 rings (SSSR count). The summed E-state index contributed by atoms with van der Waals surface area (Å²) in [4.78, 5) is 9.46. The molecule has 0 radical (unpaired) electrons. The van der Waals surface area contributed by atoms with Crippen molar-refractivity contribution in [2.24, 2.45) is 0 Å². The minimum Gasteiger partial charge on any atom is -0.370 e. The van der Waals surface area contributed by atoms with Crippen LogP contribution in [0.1, 0.15) is 51.4 Å². The highest BCUT2D eigenvalue weighted by Crippen LogP contribution is 2.27. The zero-order valence-corrected chi connectivity index (χ0v) is 13.6. The van der Waals surface area contributed by atoms with E-state index in [1.165, 1.54) is 0 Å². The maximum absolute atomic E-state index is 4.78. The average Bonchev–Trinajstić information content (AvgIpc) is 2.94. The van der Waals surface area contributed by atoms with Crippen molar-refractivity contribution in [2.75, 3.05) is 11.9 Å². The van der Waals surface area contributed by atoms with E-state index in [0.29, 0.717) is 5.92 Å². The highest BCUT2D eigenvalue weighted by molar-refractivity contribution is 5.65. The van der Waals surface area contributed by atoms with Gasteiger partial charge in [-0.25, -0.2) is 9.97 Å². The lowest BCUT2D eigenvalue weighted by molar-refractivity contribution is 0.663. The van der Waals surface area contributed by atoms with Gasteiger partial charge in [0.25, 0.3) is 0 Å². The molecule has 21 heavy (non-hydrogen) atoms. The third kappa shape index (κ3) is 3.23. The van der Waals surface area contributed by atoms with Crippen molar-refractivity contribution in [3.63, 3.8) is 0 Å². The SMILES string of the molecule is CCCNc1nc(C(C)C)nc(-c2ccnn2CC)c1C. The van der Waals surface area contributed by atoms with Gasteiger partial charge in [-0.05, 0) is 26.3 Å². The predicted molar refractivity (Wildman–Crippen MR) is 86.5 cm³/mol. The number of hydrogen-bond donors (Lipinski definition) is 1. The summed E-state index contributed by atoms with van der Waals surface area (Å²) in [7, 11) is 0. The van der Waals surface area contributed by atoms with E-state index < -0.39 is 0 Å². The van der Waals surface area contributed by atoms with E-state index in [1.54, 1.807) is 0 Å². The standard InChI is InChI=1S/C16H25N5/c1-6-9-17-16-12(5)14(19-15(20-16)11(3)4)13-8-10-18-21(13)7-2/h8,10-11H,6-7,9H2,1-5H3,(H,17,19,20). The first kappa shape index (κ1) is 15.5. The fourth-order valence-corrected chi connectivity index (χ4v) is 2.24. The number of hydrogen-bond acceptors (Lipinski definition) is 4. The number of nitrogens with one attached hydrogen (secondary N) is 1.